The van der Waals surface area contributed by atoms with Crippen LogP contribution in [-0.2, 0) is 12.0 Å². The average molecular weight is 418 g/mol. The van der Waals surface area contributed by atoms with Gasteiger partial charge in [0.1, 0.15) is 29.2 Å². The van der Waals surface area contributed by atoms with E-state index in [1.165, 1.54) is 42.7 Å². The van der Waals surface area contributed by atoms with Crippen molar-refractivity contribution in [2.45, 2.75) is 18.9 Å². The highest BCUT2D eigenvalue weighted by molar-refractivity contribution is 6.03. The average Bonchev–Trinajstić information content (AvgIpc) is 2.76. The van der Waals surface area contributed by atoms with E-state index in [2.05, 4.69) is 20.3 Å². The summed E-state index contributed by atoms with van der Waals surface area (Å²) >= 11 is 0. The van der Waals surface area contributed by atoms with Crippen LogP contribution in [0, 0.1) is 23.0 Å². The fourth-order valence-corrected chi connectivity index (χ4v) is 3.53. The Morgan fingerprint density at radius 1 is 1.19 bits per heavy atom. The van der Waals surface area contributed by atoms with Crippen molar-refractivity contribution in [3.8, 4) is 6.07 Å². The highest BCUT2D eigenvalue weighted by atomic mass is 19.1. The first-order valence-electron chi connectivity index (χ1n) is 9.26. The smallest absolute Gasteiger partial charge is 0.274 e. The van der Waals surface area contributed by atoms with Gasteiger partial charge in [-0.3, -0.25) is 14.8 Å². The molecule has 154 valence electrons. The van der Waals surface area contributed by atoms with Gasteiger partial charge < -0.3 is 11.1 Å². The SMILES string of the molecule is CC1(c2cc(NC(=O)c3ccc(C#N)cn3)ccc2F)Cc2c(F)cncc2C(N)=N1. The van der Waals surface area contributed by atoms with Crippen LogP contribution < -0.4 is 11.1 Å². The first-order valence-corrected chi connectivity index (χ1v) is 9.26. The highest BCUT2D eigenvalue weighted by Crippen LogP contribution is 2.37. The number of nitrogens with zero attached hydrogens (tertiary/aromatic N) is 4. The molecule has 0 spiro atoms. The number of benzene rings is 1. The van der Waals surface area contributed by atoms with Crippen molar-refractivity contribution in [1.29, 1.82) is 5.26 Å². The van der Waals surface area contributed by atoms with Crippen LogP contribution in [0.3, 0.4) is 0 Å². The monoisotopic (exact) mass is 418 g/mol. The molecule has 7 nitrogen and oxygen atoms in total. The maximum absolute atomic E-state index is 14.8. The predicted molar refractivity (Wildman–Crippen MR) is 109 cm³/mol. The Hall–Kier alpha value is -4.19. The number of hydrogen-bond acceptors (Lipinski definition) is 6. The zero-order valence-corrected chi connectivity index (χ0v) is 16.4. The topological polar surface area (TPSA) is 117 Å². The van der Waals surface area contributed by atoms with E-state index >= 15 is 0 Å². The Morgan fingerprint density at radius 3 is 2.71 bits per heavy atom. The van der Waals surface area contributed by atoms with Gasteiger partial charge in [0, 0.05) is 41.2 Å². The molecule has 1 aromatic carbocycles. The molecule has 0 saturated carbocycles. The number of fused-ring (bicyclic) bond motifs is 1. The molecule has 0 aliphatic carbocycles. The van der Waals surface area contributed by atoms with Gasteiger partial charge in [0.15, 0.2) is 0 Å². The van der Waals surface area contributed by atoms with Crippen LogP contribution in [0.15, 0.2) is 53.9 Å². The second kappa shape index (κ2) is 7.57. The molecule has 1 atom stereocenters. The highest BCUT2D eigenvalue weighted by Gasteiger charge is 2.36. The van der Waals surface area contributed by atoms with Gasteiger partial charge in [-0.2, -0.15) is 5.26 Å². The van der Waals surface area contributed by atoms with E-state index in [-0.39, 0.29) is 23.5 Å². The molecule has 0 fully saturated rings. The molecule has 3 N–H and O–H groups in total. The Kier molecular flexibility index (Phi) is 4.91. The van der Waals surface area contributed by atoms with E-state index in [0.717, 1.165) is 6.20 Å². The minimum atomic E-state index is -1.18. The van der Waals surface area contributed by atoms with Crippen molar-refractivity contribution in [2.24, 2.45) is 10.7 Å². The third-order valence-electron chi connectivity index (χ3n) is 5.10. The number of aromatic nitrogens is 2. The molecule has 4 rings (SSSR count). The van der Waals surface area contributed by atoms with Gasteiger partial charge in [-0.05, 0) is 37.3 Å². The van der Waals surface area contributed by atoms with E-state index < -0.39 is 23.1 Å². The summed E-state index contributed by atoms with van der Waals surface area (Å²) in [6, 6.07) is 8.85. The van der Waals surface area contributed by atoms with Gasteiger partial charge in [-0.1, -0.05) is 0 Å². The number of carbonyl (C=O) groups is 1. The molecular formula is C22H16F2N6O. The largest absolute Gasteiger partial charge is 0.383 e. The fraction of sp³-hybridized carbons (Fsp3) is 0.136. The molecule has 1 aliphatic rings. The zero-order valence-electron chi connectivity index (χ0n) is 16.4. The summed E-state index contributed by atoms with van der Waals surface area (Å²) in [5.74, 6) is -1.57. The number of nitrogens with two attached hydrogens (primary N) is 1. The molecule has 3 aromatic rings. The molecule has 0 saturated heterocycles. The third kappa shape index (κ3) is 3.71. The number of halogens is 2. The quantitative estimate of drug-likeness (QED) is 0.678. The van der Waals surface area contributed by atoms with Gasteiger partial charge in [-0.15, -0.1) is 0 Å². The van der Waals surface area contributed by atoms with Gasteiger partial charge in [-0.25, -0.2) is 13.8 Å². The Bertz CT molecular complexity index is 1270. The lowest BCUT2D eigenvalue weighted by Gasteiger charge is -2.32. The molecule has 2 aromatic heterocycles. The first kappa shape index (κ1) is 20.1. The number of aliphatic imine (C=N–C) groups is 1. The lowest BCUT2D eigenvalue weighted by molar-refractivity contribution is 0.102. The van der Waals surface area contributed by atoms with E-state index in [9.17, 15) is 13.6 Å². The fourth-order valence-electron chi connectivity index (χ4n) is 3.53. The van der Waals surface area contributed by atoms with E-state index in [4.69, 9.17) is 11.0 Å². The Morgan fingerprint density at radius 2 is 2.00 bits per heavy atom. The molecule has 9 heteroatoms. The van der Waals surface area contributed by atoms with Crippen LogP contribution >= 0.6 is 0 Å². The molecule has 1 amide bonds. The number of anilines is 1. The van der Waals surface area contributed by atoms with Crippen LogP contribution in [0.4, 0.5) is 14.5 Å². The predicted octanol–water partition coefficient (Wildman–Crippen LogP) is 3.06. The van der Waals surface area contributed by atoms with Gasteiger partial charge in [0.2, 0.25) is 0 Å². The summed E-state index contributed by atoms with van der Waals surface area (Å²) in [4.78, 5) is 24.6. The van der Waals surface area contributed by atoms with Crippen molar-refractivity contribution < 1.29 is 13.6 Å². The van der Waals surface area contributed by atoms with Crippen LogP contribution in [0.1, 0.15) is 39.7 Å². The summed E-state index contributed by atoms with van der Waals surface area (Å²) in [6.45, 7) is 1.65. The number of nitrogens with one attached hydrogen (secondary N) is 1. The van der Waals surface area contributed by atoms with Crippen LogP contribution in [-0.4, -0.2) is 21.7 Å². The number of rotatable bonds is 3. The molecule has 0 radical (unpaired) electrons. The number of hydrogen-bond donors (Lipinski definition) is 2. The molecule has 1 aliphatic heterocycles. The van der Waals surface area contributed by atoms with Crippen molar-refractivity contribution in [1.82, 2.24) is 9.97 Å². The second-order valence-electron chi connectivity index (χ2n) is 7.29. The lowest BCUT2D eigenvalue weighted by atomic mass is 9.82. The summed E-state index contributed by atoms with van der Waals surface area (Å²) in [7, 11) is 0. The summed E-state index contributed by atoms with van der Waals surface area (Å²) in [6.07, 6.45) is 3.86. The van der Waals surface area contributed by atoms with Gasteiger partial charge in [0.05, 0.1) is 17.3 Å². The molecular weight excluding hydrogens is 402 g/mol. The van der Waals surface area contributed by atoms with Crippen LogP contribution in [0.25, 0.3) is 0 Å². The van der Waals surface area contributed by atoms with Crippen LogP contribution in [0.2, 0.25) is 0 Å². The van der Waals surface area contributed by atoms with Crippen molar-refractivity contribution in [2.75, 3.05) is 5.32 Å². The Balaban J connectivity index is 1.67. The lowest BCUT2D eigenvalue weighted by Crippen LogP contribution is -2.35. The number of amidine groups is 1. The molecule has 3 heterocycles. The molecule has 0 bridgehead atoms. The zero-order chi connectivity index (χ0) is 22.2. The second-order valence-corrected chi connectivity index (χ2v) is 7.29. The summed E-state index contributed by atoms with van der Waals surface area (Å²) in [5, 5.41) is 11.5. The Labute approximate surface area is 176 Å². The maximum atomic E-state index is 14.8. The van der Waals surface area contributed by atoms with Crippen molar-refractivity contribution in [3.05, 3.63) is 88.5 Å². The van der Waals surface area contributed by atoms with Crippen molar-refractivity contribution in [3.63, 3.8) is 0 Å². The van der Waals surface area contributed by atoms with E-state index in [1.807, 2.05) is 6.07 Å². The summed E-state index contributed by atoms with van der Waals surface area (Å²) < 4.78 is 29.1. The van der Waals surface area contributed by atoms with Crippen LogP contribution in [0.5, 0.6) is 0 Å². The number of nitriles is 1. The molecule has 31 heavy (non-hydrogen) atoms. The third-order valence-corrected chi connectivity index (χ3v) is 5.10. The summed E-state index contributed by atoms with van der Waals surface area (Å²) in [5.41, 5.74) is 6.41. The van der Waals surface area contributed by atoms with E-state index in [0.29, 0.717) is 22.4 Å². The van der Waals surface area contributed by atoms with Gasteiger partial charge >= 0.3 is 0 Å². The normalized spacial score (nSPS) is 17.3. The standard InChI is InChI=1S/C22H16F2N6O/c1-22(7-14-15(20(26)30-22)10-27-11-18(14)24)16-6-13(3-4-17(16)23)29-21(31)19-5-2-12(8-25)9-28-19/h2-6,9-11H,7H2,1H3,(H2,26,30)(H,29,31). The maximum Gasteiger partial charge on any atom is 0.274 e. The van der Waals surface area contributed by atoms with Gasteiger partial charge in [0.25, 0.3) is 5.91 Å². The van der Waals surface area contributed by atoms with E-state index in [1.54, 1.807) is 6.92 Å². The minimum absolute atomic E-state index is 0.0615. The molecule has 1 unspecified atom stereocenters. The number of carbonyl (C=O) groups excluding carboxylic acids is 1. The number of amides is 1. The van der Waals surface area contributed by atoms with Crippen molar-refractivity contribution >= 4 is 17.4 Å². The minimum Gasteiger partial charge on any atom is -0.383 e. The number of pyridine rings is 2. The first-order chi connectivity index (χ1) is 14.8.